The number of benzene rings is 1. The molecule has 0 aliphatic heterocycles. The Morgan fingerprint density at radius 3 is 2.55 bits per heavy atom. The van der Waals surface area contributed by atoms with Gasteiger partial charge >= 0.3 is 0 Å². The van der Waals surface area contributed by atoms with Crippen LogP contribution in [0.15, 0.2) is 47.6 Å². The van der Waals surface area contributed by atoms with E-state index in [1.165, 1.54) is 18.4 Å². The van der Waals surface area contributed by atoms with Crippen molar-refractivity contribution in [2.75, 3.05) is 19.4 Å². The van der Waals surface area contributed by atoms with E-state index >= 15 is 0 Å². The van der Waals surface area contributed by atoms with Gasteiger partial charge in [-0.3, -0.25) is 4.98 Å². The highest BCUT2D eigenvalue weighted by molar-refractivity contribution is 7.89. The third kappa shape index (κ3) is 3.64. The van der Waals surface area contributed by atoms with E-state index in [2.05, 4.69) is 10.3 Å². The molecule has 1 atom stereocenters. The van der Waals surface area contributed by atoms with E-state index in [-0.39, 0.29) is 6.04 Å². The fourth-order valence-electron chi connectivity index (χ4n) is 2.12. The van der Waals surface area contributed by atoms with Gasteiger partial charge in [0.25, 0.3) is 0 Å². The van der Waals surface area contributed by atoms with Gasteiger partial charge < -0.3 is 5.32 Å². The lowest BCUT2D eigenvalue weighted by atomic mass is 10.1. The second-order valence-corrected chi connectivity index (χ2v) is 7.63. The summed E-state index contributed by atoms with van der Waals surface area (Å²) in [5.74, 6) is 0. The first-order valence-corrected chi connectivity index (χ1v) is 8.45. The van der Waals surface area contributed by atoms with Crippen molar-refractivity contribution >= 4 is 15.7 Å². The molecule has 0 amide bonds. The molecule has 5 nitrogen and oxygen atoms in total. The van der Waals surface area contributed by atoms with Crippen molar-refractivity contribution in [2.45, 2.75) is 24.8 Å². The van der Waals surface area contributed by atoms with Crippen molar-refractivity contribution in [3.05, 3.63) is 53.9 Å². The molecule has 0 fully saturated rings. The maximum atomic E-state index is 12.2. The average Bonchev–Trinajstić information content (AvgIpc) is 2.47. The van der Waals surface area contributed by atoms with Crippen molar-refractivity contribution in [3.8, 4) is 0 Å². The molecule has 1 heterocycles. The molecule has 22 heavy (non-hydrogen) atoms. The zero-order chi connectivity index (χ0) is 16.3. The molecule has 1 N–H and O–H groups in total. The quantitative estimate of drug-likeness (QED) is 0.920. The lowest BCUT2D eigenvalue weighted by Crippen LogP contribution is -2.22. The fraction of sp³-hybridized carbons (Fsp3) is 0.312. The minimum Gasteiger partial charge on any atom is -0.377 e. The van der Waals surface area contributed by atoms with Crippen molar-refractivity contribution in [1.82, 2.24) is 9.29 Å². The minimum absolute atomic E-state index is 0.0269. The van der Waals surface area contributed by atoms with Gasteiger partial charge in [-0.25, -0.2) is 12.7 Å². The van der Waals surface area contributed by atoms with E-state index in [1.54, 1.807) is 30.6 Å². The first kappa shape index (κ1) is 16.5. The molecule has 2 aromatic rings. The summed E-state index contributed by atoms with van der Waals surface area (Å²) in [7, 11) is -0.360. The van der Waals surface area contributed by atoms with Gasteiger partial charge in [0.1, 0.15) is 0 Å². The van der Waals surface area contributed by atoms with E-state index in [0.29, 0.717) is 4.90 Å². The second-order valence-electron chi connectivity index (χ2n) is 5.48. The average molecular weight is 319 g/mol. The van der Waals surface area contributed by atoms with Gasteiger partial charge in [-0.15, -0.1) is 0 Å². The number of rotatable bonds is 5. The molecule has 0 saturated heterocycles. The van der Waals surface area contributed by atoms with Crippen LogP contribution in [-0.4, -0.2) is 31.8 Å². The van der Waals surface area contributed by atoms with Crippen LogP contribution in [0.4, 0.5) is 5.69 Å². The number of hydrogen-bond acceptors (Lipinski definition) is 4. The summed E-state index contributed by atoms with van der Waals surface area (Å²) in [5, 5.41) is 3.34. The van der Waals surface area contributed by atoms with Gasteiger partial charge in [0.2, 0.25) is 10.0 Å². The number of aromatic nitrogens is 1. The normalized spacial score (nSPS) is 13.1. The minimum atomic E-state index is -3.42. The highest BCUT2D eigenvalue weighted by Crippen LogP contribution is 2.22. The third-order valence-electron chi connectivity index (χ3n) is 3.39. The molecule has 6 heteroatoms. The Hall–Kier alpha value is -1.92. The number of sulfonamides is 1. The molecule has 0 aliphatic carbocycles. The maximum absolute atomic E-state index is 12.2. The number of aryl methyl sites for hydroxylation is 1. The second kappa shape index (κ2) is 6.46. The first-order valence-electron chi connectivity index (χ1n) is 7.01. The van der Waals surface area contributed by atoms with Crippen molar-refractivity contribution < 1.29 is 8.42 Å². The van der Waals surface area contributed by atoms with Crippen LogP contribution < -0.4 is 5.32 Å². The summed E-state index contributed by atoms with van der Waals surface area (Å²) in [6.45, 7) is 3.97. The Bertz CT molecular complexity index is 757. The topological polar surface area (TPSA) is 62.3 Å². The molecule has 0 unspecified atom stereocenters. The van der Waals surface area contributed by atoms with Crippen LogP contribution in [0.1, 0.15) is 24.1 Å². The highest BCUT2D eigenvalue weighted by atomic mass is 32.2. The Labute approximate surface area is 132 Å². The van der Waals surface area contributed by atoms with Crippen LogP contribution in [0.5, 0.6) is 0 Å². The molecule has 2 rings (SSSR count). The molecule has 0 bridgehead atoms. The van der Waals surface area contributed by atoms with E-state index in [0.717, 1.165) is 16.8 Å². The van der Waals surface area contributed by atoms with E-state index in [1.807, 2.05) is 26.0 Å². The Balaban J connectivity index is 2.26. The summed E-state index contributed by atoms with van der Waals surface area (Å²) in [4.78, 5) is 4.44. The van der Waals surface area contributed by atoms with E-state index in [4.69, 9.17) is 0 Å². The van der Waals surface area contributed by atoms with Crippen molar-refractivity contribution in [1.29, 1.82) is 0 Å². The van der Waals surface area contributed by atoms with Gasteiger partial charge in [0, 0.05) is 32.5 Å². The van der Waals surface area contributed by atoms with Gasteiger partial charge in [0.05, 0.1) is 10.6 Å². The van der Waals surface area contributed by atoms with E-state index in [9.17, 15) is 8.42 Å². The van der Waals surface area contributed by atoms with Crippen molar-refractivity contribution in [3.63, 3.8) is 0 Å². The van der Waals surface area contributed by atoms with E-state index < -0.39 is 10.0 Å². The monoisotopic (exact) mass is 319 g/mol. The Morgan fingerprint density at radius 2 is 1.91 bits per heavy atom. The number of nitrogens with zero attached hydrogens (tertiary/aromatic N) is 2. The summed E-state index contributed by atoms with van der Waals surface area (Å²) in [6, 6.07) is 8.97. The zero-order valence-corrected chi connectivity index (χ0v) is 14.1. The highest BCUT2D eigenvalue weighted by Gasteiger charge is 2.18. The smallest absolute Gasteiger partial charge is 0.242 e. The standard InChI is InChI=1S/C16H21N3O2S/c1-12-8-15(11-17-10-12)18-13(2)14-6-5-7-16(9-14)22(20,21)19(3)4/h5-11,13,18H,1-4H3/t13-/m1/s1. The molecule has 1 aromatic carbocycles. The van der Waals surface area contributed by atoms with Gasteiger partial charge in [-0.05, 0) is 43.2 Å². The summed E-state index contributed by atoms with van der Waals surface area (Å²) >= 11 is 0. The summed E-state index contributed by atoms with van der Waals surface area (Å²) < 4.78 is 25.6. The predicted molar refractivity (Wildman–Crippen MR) is 88.3 cm³/mol. The van der Waals surface area contributed by atoms with Crippen LogP contribution in [0, 0.1) is 6.92 Å². The summed E-state index contributed by atoms with van der Waals surface area (Å²) in [5.41, 5.74) is 2.89. The Kier molecular flexibility index (Phi) is 4.83. The number of anilines is 1. The van der Waals surface area contributed by atoms with Crippen LogP contribution in [0.25, 0.3) is 0 Å². The van der Waals surface area contributed by atoms with Crippen LogP contribution >= 0.6 is 0 Å². The molecule has 0 aliphatic rings. The van der Waals surface area contributed by atoms with Crippen LogP contribution in [0.3, 0.4) is 0 Å². The SMILES string of the molecule is Cc1cncc(N[C@H](C)c2cccc(S(=O)(=O)N(C)C)c2)c1. The molecule has 0 saturated carbocycles. The fourth-order valence-corrected chi connectivity index (χ4v) is 3.08. The lowest BCUT2D eigenvalue weighted by Gasteiger charge is -2.18. The van der Waals surface area contributed by atoms with Gasteiger partial charge in [0.15, 0.2) is 0 Å². The predicted octanol–water partition coefficient (Wildman–Crippen LogP) is 2.81. The molecule has 1 aromatic heterocycles. The van der Waals surface area contributed by atoms with Crippen LogP contribution in [0.2, 0.25) is 0 Å². The third-order valence-corrected chi connectivity index (χ3v) is 5.21. The van der Waals surface area contributed by atoms with Gasteiger partial charge in [-0.1, -0.05) is 12.1 Å². The Morgan fingerprint density at radius 1 is 1.18 bits per heavy atom. The number of hydrogen-bond donors (Lipinski definition) is 1. The van der Waals surface area contributed by atoms with Crippen molar-refractivity contribution in [2.24, 2.45) is 0 Å². The van der Waals surface area contributed by atoms with Gasteiger partial charge in [-0.2, -0.15) is 0 Å². The first-order chi connectivity index (χ1) is 10.3. The number of pyridine rings is 1. The molecule has 118 valence electrons. The largest absolute Gasteiger partial charge is 0.377 e. The molecular formula is C16H21N3O2S. The molecule has 0 spiro atoms. The molecular weight excluding hydrogens is 298 g/mol. The number of nitrogens with one attached hydrogen (secondary N) is 1. The lowest BCUT2D eigenvalue weighted by molar-refractivity contribution is 0.520. The zero-order valence-electron chi connectivity index (χ0n) is 13.2. The molecule has 0 radical (unpaired) electrons. The maximum Gasteiger partial charge on any atom is 0.242 e. The summed E-state index contributed by atoms with van der Waals surface area (Å²) in [6.07, 6.45) is 3.55. The van der Waals surface area contributed by atoms with Crippen LogP contribution in [-0.2, 0) is 10.0 Å².